The molecule has 6 heteroatoms. The number of hydrogen-bond donors (Lipinski definition) is 2. The zero-order chi connectivity index (χ0) is 20.1. The minimum atomic E-state index is -0.252. The third kappa shape index (κ3) is 4.40. The maximum absolute atomic E-state index is 12.5. The molecule has 0 radical (unpaired) electrons. The van der Waals surface area contributed by atoms with Crippen LogP contribution in [0.5, 0.6) is 11.5 Å². The zero-order valence-corrected chi connectivity index (χ0v) is 16.4. The molecule has 0 unspecified atom stereocenters. The molecular weight excluding hydrogens is 354 g/mol. The second-order valence-corrected chi connectivity index (χ2v) is 6.38. The van der Waals surface area contributed by atoms with Gasteiger partial charge in [0, 0.05) is 11.3 Å². The number of amides is 1. The fraction of sp³-hybridized carbons (Fsp3) is 0.182. The van der Waals surface area contributed by atoms with Gasteiger partial charge in [0.2, 0.25) is 0 Å². The highest BCUT2D eigenvalue weighted by molar-refractivity contribution is 6.04. The van der Waals surface area contributed by atoms with Crippen molar-refractivity contribution in [1.29, 1.82) is 0 Å². The van der Waals surface area contributed by atoms with Crippen LogP contribution in [0.1, 0.15) is 21.5 Å². The second-order valence-electron chi connectivity index (χ2n) is 6.38. The van der Waals surface area contributed by atoms with Gasteiger partial charge in [0.05, 0.1) is 26.1 Å². The largest absolute Gasteiger partial charge is 0.493 e. The molecule has 3 aromatic rings. The molecule has 0 bridgehead atoms. The average Bonchev–Trinajstić information content (AvgIpc) is 2.71. The molecule has 1 aromatic heterocycles. The molecule has 0 atom stereocenters. The number of aryl methyl sites for hydroxylation is 2. The SMILES string of the molecule is COc1ccc(C(=O)Nc2ccc(Nc3ccc(C)c(C)c3)nc2)cc1OC. The van der Waals surface area contributed by atoms with E-state index in [1.54, 1.807) is 37.6 Å². The number of carbonyl (C=O) groups excluding carboxylic acids is 1. The fourth-order valence-electron chi connectivity index (χ4n) is 2.69. The summed E-state index contributed by atoms with van der Waals surface area (Å²) in [6.45, 7) is 4.15. The molecule has 144 valence electrons. The Labute approximate surface area is 164 Å². The van der Waals surface area contributed by atoms with Crippen LogP contribution in [0.3, 0.4) is 0 Å². The Hall–Kier alpha value is -3.54. The molecule has 0 spiro atoms. The monoisotopic (exact) mass is 377 g/mol. The lowest BCUT2D eigenvalue weighted by molar-refractivity contribution is 0.102. The fourth-order valence-corrected chi connectivity index (χ4v) is 2.69. The van der Waals surface area contributed by atoms with Gasteiger partial charge in [0.1, 0.15) is 5.82 Å². The van der Waals surface area contributed by atoms with Gasteiger partial charge in [-0.25, -0.2) is 4.98 Å². The van der Waals surface area contributed by atoms with Gasteiger partial charge in [0.25, 0.3) is 5.91 Å². The molecule has 3 rings (SSSR count). The lowest BCUT2D eigenvalue weighted by Crippen LogP contribution is -2.12. The van der Waals surface area contributed by atoms with Gasteiger partial charge in [-0.2, -0.15) is 0 Å². The molecule has 6 nitrogen and oxygen atoms in total. The molecule has 0 fully saturated rings. The van der Waals surface area contributed by atoms with Crippen LogP contribution in [0.2, 0.25) is 0 Å². The normalized spacial score (nSPS) is 10.3. The number of methoxy groups -OCH3 is 2. The Morgan fingerprint density at radius 2 is 1.61 bits per heavy atom. The molecule has 0 aliphatic rings. The van der Waals surface area contributed by atoms with Crippen molar-refractivity contribution in [3.05, 3.63) is 71.4 Å². The van der Waals surface area contributed by atoms with E-state index in [1.807, 2.05) is 12.1 Å². The highest BCUT2D eigenvalue weighted by atomic mass is 16.5. The molecule has 0 aliphatic carbocycles. The van der Waals surface area contributed by atoms with E-state index in [0.29, 0.717) is 28.6 Å². The Balaban J connectivity index is 1.68. The Morgan fingerprint density at radius 3 is 2.25 bits per heavy atom. The zero-order valence-electron chi connectivity index (χ0n) is 16.4. The van der Waals surface area contributed by atoms with E-state index in [1.165, 1.54) is 18.2 Å². The molecule has 1 amide bonds. The summed E-state index contributed by atoms with van der Waals surface area (Å²) in [5, 5.41) is 6.09. The Kier molecular flexibility index (Phi) is 5.79. The summed E-state index contributed by atoms with van der Waals surface area (Å²) in [5.41, 5.74) is 4.49. The van der Waals surface area contributed by atoms with E-state index in [2.05, 4.69) is 41.6 Å². The van der Waals surface area contributed by atoms with Crippen LogP contribution in [0.4, 0.5) is 17.2 Å². The van der Waals surface area contributed by atoms with Crippen LogP contribution in [-0.2, 0) is 0 Å². The maximum atomic E-state index is 12.5. The first-order valence-electron chi connectivity index (χ1n) is 8.84. The summed E-state index contributed by atoms with van der Waals surface area (Å²) in [6, 6.07) is 14.8. The minimum Gasteiger partial charge on any atom is -0.493 e. The number of nitrogens with zero attached hydrogens (tertiary/aromatic N) is 1. The molecule has 2 N–H and O–H groups in total. The van der Waals surface area contributed by atoms with Crippen LogP contribution in [0.15, 0.2) is 54.7 Å². The van der Waals surface area contributed by atoms with Crippen LogP contribution >= 0.6 is 0 Å². The van der Waals surface area contributed by atoms with E-state index in [-0.39, 0.29) is 5.91 Å². The minimum absolute atomic E-state index is 0.252. The predicted octanol–water partition coefficient (Wildman–Crippen LogP) is 4.71. The van der Waals surface area contributed by atoms with Crippen molar-refractivity contribution in [3.63, 3.8) is 0 Å². The smallest absolute Gasteiger partial charge is 0.255 e. The van der Waals surface area contributed by atoms with E-state index >= 15 is 0 Å². The van der Waals surface area contributed by atoms with Crippen molar-refractivity contribution in [2.24, 2.45) is 0 Å². The van der Waals surface area contributed by atoms with Crippen molar-refractivity contribution in [2.45, 2.75) is 13.8 Å². The summed E-state index contributed by atoms with van der Waals surface area (Å²) in [4.78, 5) is 16.8. The molecule has 28 heavy (non-hydrogen) atoms. The van der Waals surface area contributed by atoms with Crippen molar-refractivity contribution in [2.75, 3.05) is 24.9 Å². The third-order valence-corrected chi connectivity index (χ3v) is 4.45. The number of rotatable bonds is 6. The molecular formula is C22H23N3O3. The number of nitrogens with one attached hydrogen (secondary N) is 2. The van der Waals surface area contributed by atoms with Gasteiger partial charge in [0.15, 0.2) is 11.5 Å². The van der Waals surface area contributed by atoms with E-state index in [4.69, 9.17) is 9.47 Å². The van der Waals surface area contributed by atoms with E-state index in [0.717, 1.165) is 5.69 Å². The Morgan fingerprint density at radius 1 is 0.857 bits per heavy atom. The summed E-state index contributed by atoms with van der Waals surface area (Å²) in [7, 11) is 3.08. The van der Waals surface area contributed by atoms with Gasteiger partial charge < -0.3 is 20.1 Å². The summed E-state index contributed by atoms with van der Waals surface area (Å²) < 4.78 is 10.4. The van der Waals surface area contributed by atoms with Crippen molar-refractivity contribution < 1.29 is 14.3 Å². The van der Waals surface area contributed by atoms with Gasteiger partial charge in [-0.15, -0.1) is 0 Å². The number of carbonyl (C=O) groups is 1. The van der Waals surface area contributed by atoms with E-state index < -0.39 is 0 Å². The third-order valence-electron chi connectivity index (χ3n) is 4.45. The maximum Gasteiger partial charge on any atom is 0.255 e. The highest BCUT2D eigenvalue weighted by Crippen LogP contribution is 2.28. The first-order valence-corrected chi connectivity index (χ1v) is 8.84. The van der Waals surface area contributed by atoms with Gasteiger partial charge in [-0.05, 0) is 67.4 Å². The first-order chi connectivity index (χ1) is 13.5. The standard InChI is InChI=1S/C22H23N3O3/c1-14-5-7-17(11-15(14)2)24-21-10-8-18(13-23-21)25-22(26)16-6-9-19(27-3)20(12-16)28-4/h5-13H,1-4H3,(H,23,24)(H,25,26). The average molecular weight is 377 g/mol. The lowest BCUT2D eigenvalue weighted by Gasteiger charge is -2.11. The summed E-state index contributed by atoms with van der Waals surface area (Å²) in [6.07, 6.45) is 1.61. The van der Waals surface area contributed by atoms with Gasteiger partial charge in [-0.1, -0.05) is 6.07 Å². The number of ether oxygens (including phenoxy) is 2. The number of pyridine rings is 1. The molecule has 0 saturated carbocycles. The van der Waals surface area contributed by atoms with Crippen molar-refractivity contribution in [1.82, 2.24) is 4.98 Å². The number of hydrogen-bond acceptors (Lipinski definition) is 5. The Bertz CT molecular complexity index is 985. The number of anilines is 3. The van der Waals surface area contributed by atoms with Crippen LogP contribution in [0, 0.1) is 13.8 Å². The number of benzene rings is 2. The lowest BCUT2D eigenvalue weighted by atomic mass is 10.1. The summed E-state index contributed by atoms with van der Waals surface area (Å²) >= 11 is 0. The second kappa shape index (κ2) is 8.43. The van der Waals surface area contributed by atoms with Gasteiger partial charge in [-0.3, -0.25) is 4.79 Å². The van der Waals surface area contributed by atoms with Crippen molar-refractivity contribution in [3.8, 4) is 11.5 Å². The van der Waals surface area contributed by atoms with E-state index in [9.17, 15) is 4.79 Å². The molecule has 1 heterocycles. The highest BCUT2D eigenvalue weighted by Gasteiger charge is 2.11. The molecule has 2 aromatic carbocycles. The topological polar surface area (TPSA) is 72.5 Å². The summed E-state index contributed by atoms with van der Waals surface area (Å²) in [5.74, 6) is 1.52. The molecule has 0 saturated heterocycles. The predicted molar refractivity (Wildman–Crippen MR) is 111 cm³/mol. The van der Waals surface area contributed by atoms with Crippen LogP contribution in [-0.4, -0.2) is 25.1 Å². The molecule has 0 aliphatic heterocycles. The number of aromatic nitrogens is 1. The quantitative estimate of drug-likeness (QED) is 0.651. The van der Waals surface area contributed by atoms with Gasteiger partial charge >= 0.3 is 0 Å². The van der Waals surface area contributed by atoms with Crippen molar-refractivity contribution >= 4 is 23.1 Å². The van der Waals surface area contributed by atoms with Crippen LogP contribution in [0.25, 0.3) is 0 Å². The first kappa shape index (κ1) is 19.2. The van der Waals surface area contributed by atoms with Crippen LogP contribution < -0.4 is 20.1 Å².